The smallest absolute Gasteiger partial charge is 0.415 e. The highest BCUT2D eigenvalue weighted by atomic mass is 79.9. The van der Waals surface area contributed by atoms with Crippen molar-refractivity contribution in [1.82, 2.24) is 4.98 Å². The number of furan rings is 1. The number of pyridine rings is 1. The van der Waals surface area contributed by atoms with E-state index in [0.717, 1.165) is 4.88 Å². The van der Waals surface area contributed by atoms with Crippen LogP contribution in [0.1, 0.15) is 10.6 Å². The van der Waals surface area contributed by atoms with Crippen LogP contribution in [-0.2, 0) is 13.0 Å². The number of alkyl halides is 3. The number of thiophene rings is 1. The van der Waals surface area contributed by atoms with E-state index in [-0.39, 0.29) is 17.3 Å². The van der Waals surface area contributed by atoms with Crippen LogP contribution >= 0.6 is 38.9 Å². The first-order valence-electron chi connectivity index (χ1n) is 7.71. The predicted octanol–water partition coefficient (Wildman–Crippen LogP) is 4.71. The minimum absolute atomic E-state index is 0.148. The highest BCUT2D eigenvalue weighted by Crippen LogP contribution is 2.37. The molecule has 0 unspecified atom stereocenters. The van der Waals surface area contributed by atoms with Gasteiger partial charge in [-0.25, -0.2) is 4.98 Å². The van der Waals surface area contributed by atoms with Gasteiger partial charge in [-0.15, -0.1) is 11.3 Å². The third-order valence-electron chi connectivity index (χ3n) is 3.81. The molecule has 5 nitrogen and oxygen atoms in total. The fraction of sp³-hybridized carbons (Fsp3) is 0.312. The number of aliphatic hydroxyl groups is 1. The van der Waals surface area contributed by atoms with Gasteiger partial charge in [-0.3, -0.25) is 0 Å². The van der Waals surface area contributed by atoms with E-state index in [0.29, 0.717) is 27.8 Å². The van der Waals surface area contributed by atoms with Gasteiger partial charge in [0.05, 0.1) is 10.2 Å². The van der Waals surface area contributed by atoms with E-state index in [1.54, 1.807) is 17.4 Å². The Morgan fingerprint density at radius 3 is 2.81 bits per heavy atom. The van der Waals surface area contributed by atoms with Gasteiger partial charge in [0, 0.05) is 30.0 Å². The number of fused-ring (bicyclic) bond motifs is 1. The van der Waals surface area contributed by atoms with Crippen LogP contribution in [0.2, 0.25) is 5.15 Å². The Morgan fingerprint density at radius 2 is 2.19 bits per heavy atom. The van der Waals surface area contributed by atoms with Crippen molar-refractivity contribution in [3.05, 3.63) is 43.8 Å². The van der Waals surface area contributed by atoms with Crippen LogP contribution in [0.4, 0.5) is 18.9 Å². The summed E-state index contributed by atoms with van der Waals surface area (Å²) in [5.41, 5.74) is 6.76. The topological polar surface area (TPSA) is 84.3 Å². The highest BCUT2D eigenvalue weighted by molar-refractivity contribution is 9.10. The van der Waals surface area contributed by atoms with Gasteiger partial charge in [-0.05, 0) is 27.4 Å². The predicted molar refractivity (Wildman–Crippen MR) is 102 cm³/mol. The Balaban J connectivity index is 1.89. The molecule has 0 amide bonds. The number of rotatable bonds is 6. The summed E-state index contributed by atoms with van der Waals surface area (Å²) in [5.74, 6) is 0.148. The van der Waals surface area contributed by atoms with Crippen molar-refractivity contribution in [2.24, 2.45) is 5.73 Å². The van der Waals surface area contributed by atoms with Gasteiger partial charge < -0.3 is 20.6 Å². The molecule has 0 saturated carbocycles. The van der Waals surface area contributed by atoms with Crippen molar-refractivity contribution >= 4 is 55.7 Å². The lowest BCUT2D eigenvalue weighted by molar-refractivity contribution is -0.209. The number of halogens is 5. The molecule has 146 valence electrons. The average Bonchev–Trinajstić information content (AvgIpc) is 3.21. The number of aliphatic hydroxyl groups excluding tert-OH is 1. The molecule has 3 aromatic heterocycles. The number of nitrogens with two attached hydrogens (primary N) is 1. The maximum absolute atomic E-state index is 12.6. The van der Waals surface area contributed by atoms with Crippen LogP contribution in [0, 0.1) is 0 Å². The van der Waals surface area contributed by atoms with Crippen molar-refractivity contribution in [3.8, 4) is 0 Å². The van der Waals surface area contributed by atoms with Gasteiger partial charge in [0.25, 0.3) is 0 Å². The Labute approximate surface area is 169 Å². The fourth-order valence-electron chi connectivity index (χ4n) is 2.48. The van der Waals surface area contributed by atoms with Crippen LogP contribution in [-0.4, -0.2) is 28.4 Å². The molecule has 3 aromatic rings. The molecule has 0 fully saturated rings. The van der Waals surface area contributed by atoms with Crippen LogP contribution in [0.5, 0.6) is 0 Å². The molecule has 3 heterocycles. The zero-order chi connectivity index (χ0) is 19.8. The first-order valence-corrected chi connectivity index (χ1v) is 9.76. The summed E-state index contributed by atoms with van der Waals surface area (Å²) in [6, 6.07) is 3.87. The maximum atomic E-state index is 12.6. The molecule has 0 aliphatic carbocycles. The minimum Gasteiger partial charge on any atom is -0.456 e. The first kappa shape index (κ1) is 20.4. The van der Waals surface area contributed by atoms with Gasteiger partial charge in [-0.1, -0.05) is 17.7 Å². The molecule has 0 saturated heterocycles. The van der Waals surface area contributed by atoms with Gasteiger partial charge in [0.15, 0.2) is 11.7 Å². The average molecular weight is 485 g/mol. The molecular formula is C16H14BrClF3N3O2S. The lowest BCUT2D eigenvalue weighted by Gasteiger charge is -2.20. The van der Waals surface area contributed by atoms with Crippen molar-refractivity contribution < 1.29 is 22.7 Å². The summed E-state index contributed by atoms with van der Waals surface area (Å²) in [7, 11) is 0. The number of anilines is 1. The first-order chi connectivity index (χ1) is 12.7. The van der Waals surface area contributed by atoms with Gasteiger partial charge in [0.2, 0.25) is 0 Å². The molecule has 0 radical (unpaired) electrons. The molecule has 4 N–H and O–H groups in total. The molecule has 0 spiro atoms. The largest absolute Gasteiger partial charge is 0.456 e. The van der Waals surface area contributed by atoms with Crippen molar-refractivity contribution in [2.45, 2.75) is 31.3 Å². The minimum atomic E-state index is -4.81. The molecule has 2 atom stereocenters. The SMILES string of the molecule is N[C@H](Cc1oc2c(NCc3cccs3)cc(Cl)nc2c1Br)[C@@H](O)C(F)(F)F. The van der Waals surface area contributed by atoms with E-state index < -0.39 is 18.3 Å². The lowest BCUT2D eigenvalue weighted by Crippen LogP contribution is -2.46. The second-order valence-electron chi connectivity index (χ2n) is 5.80. The van der Waals surface area contributed by atoms with Gasteiger partial charge in [-0.2, -0.15) is 13.2 Å². The highest BCUT2D eigenvalue weighted by Gasteiger charge is 2.42. The summed E-state index contributed by atoms with van der Waals surface area (Å²) < 4.78 is 44.0. The zero-order valence-corrected chi connectivity index (χ0v) is 16.7. The van der Waals surface area contributed by atoms with Crippen LogP contribution < -0.4 is 11.1 Å². The van der Waals surface area contributed by atoms with Crippen molar-refractivity contribution in [2.75, 3.05) is 5.32 Å². The zero-order valence-electron chi connectivity index (χ0n) is 13.6. The standard InChI is InChI=1S/C16H14BrClF3N3O2S/c17-12-10(4-8(22)15(25)16(19,20)21)26-14-9(5-11(18)24-13(12)14)23-6-7-2-1-3-27-7/h1-3,5,8,15,25H,4,6,22H2,(H,23,24)/t8-,15-/m1/s1. The second kappa shape index (κ2) is 7.96. The summed E-state index contributed by atoms with van der Waals surface area (Å²) in [5, 5.41) is 14.6. The number of aromatic nitrogens is 1. The van der Waals surface area contributed by atoms with E-state index in [1.807, 2.05) is 17.5 Å². The Bertz CT molecular complexity index is 933. The summed E-state index contributed by atoms with van der Waals surface area (Å²) in [6.07, 6.45) is -7.81. The van der Waals surface area contributed by atoms with Crippen LogP contribution in [0.25, 0.3) is 11.1 Å². The molecule has 0 aliphatic rings. The molecular weight excluding hydrogens is 471 g/mol. The molecule has 0 aromatic carbocycles. The molecule has 3 rings (SSSR count). The van der Waals surface area contributed by atoms with Crippen LogP contribution in [0.3, 0.4) is 0 Å². The van der Waals surface area contributed by atoms with Gasteiger partial charge in [0.1, 0.15) is 16.4 Å². The Morgan fingerprint density at radius 1 is 1.44 bits per heavy atom. The number of nitrogens with one attached hydrogen (secondary N) is 1. The maximum Gasteiger partial charge on any atom is 0.415 e. The quantitative estimate of drug-likeness (QED) is 0.441. The van der Waals surface area contributed by atoms with E-state index in [1.165, 1.54) is 0 Å². The Kier molecular flexibility index (Phi) is 6.02. The lowest BCUT2D eigenvalue weighted by atomic mass is 10.1. The molecule has 11 heteroatoms. The normalized spacial score (nSPS) is 14.5. The molecule has 0 bridgehead atoms. The molecule has 0 aliphatic heterocycles. The number of hydrogen-bond acceptors (Lipinski definition) is 6. The van der Waals surface area contributed by atoms with E-state index in [4.69, 9.17) is 21.8 Å². The summed E-state index contributed by atoms with van der Waals surface area (Å²) in [4.78, 5) is 5.25. The van der Waals surface area contributed by atoms with Crippen LogP contribution in [0.15, 0.2) is 32.5 Å². The monoisotopic (exact) mass is 483 g/mol. The molecule has 27 heavy (non-hydrogen) atoms. The Hall–Kier alpha value is -1.33. The third-order valence-corrected chi connectivity index (χ3v) is 5.70. The number of hydrogen-bond donors (Lipinski definition) is 3. The summed E-state index contributed by atoms with van der Waals surface area (Å²) >= 11 is 10.9. The summed E-state index contributed by atoms with van der Waals surface area (Å²) in [6.45, 7) is 0.521. The second-order valence-corrected chi connectivity index (χ2v) is 8.01. The van der Waals surface area contributed by atoms with Crippen molar-refractivity contribution in [1.29, 1.82) is 0 Å². The van der Waals surface area contributed by atoms with Gasteiger partial charge >= 0.3 is 6.18 Å². The fourth-order valence-corrected chi connectivity index (χ4v) is 3.83. The van der Waals surface area contributed by atoms with Crippen molar-refractivity contribution in [3.63, 3.8) is 0 Å². The van der Waals surface area contributed by atoms with E-state index in [9.17, 15) is 18.3 Å². The number of nitrogens with zero attached hydrogens (tertiary/aromatic N) is 1. The van der Waals surface area contributed by atoms with E-state index in [2.05, 4.69) is 26.2 Å². The van der Waals surface area contributed by atoms with E-state index >= 15 is 0 Å². The third kappa shape index (κ3) is 4.57.